The minimum absolute atomic E-state index is 0.204. The molecule has 2 rings (SSSR count). The van der Waals surface area contributed by atoms with Crippen molar-refractivity contribution in [2.45, 2.75) is 37.0 Å². The van der Waals surface area contributed by atoms with Gasteiger partial charge in [-0.25, -0.2) is 0 Å². The van der Waals surface area contributed by atoms with Crippen molar-refractivity contribution in [1.29, 1.82) is 0 Å². The number of aromatic nitrogens is 2. The molecular weight excluding hydrogens is 258 g/mol. The van der Waals surface area contributed by atoms with Crippen molar-refractivity contribution >= 4 is 23.5 Å². The van der Waals surface area contributed by atoms with E-state index in [9.17, 15) is 5.11 Å². The molecule has 0 spiro atoms. The van der Waals surface area contributed by atoms with Gasteiger partial charge in [-0.2, -0.15) is 4.37 Å². The summed E-state index contributed by atoms with van der Waals surface area (Å²) in [6.45, 7) is 3.41. The number of rotatable bonds is 6. The molecule has 96 valence electrons. The predicted octanol–water partition coefficient (Wildman–Crippen LogP) is 1.14. The number of ether oxygens (including phenoxy) is 1. The van der Waals surface area contributed by atoms with Gasteiger partial charge in [-0.15, -0.1) is 4.37 Å². The highest BCUT2D eigenvalue weighted by atomic mass is 32.2. The molecule has 1 aromatic rings. The largest absolute Gasteiger partial charge is 0.468 e. The monoisotopic (exact) mass is 275 g/mol. The van der Waals surface area contributed by atoms with Gasteiger partial charge in [0, 0.05) is 13.1 Å². The molecule has 2 atom stereocenters. The third-order valence-corrected chi connectivity index (χ3v) is 4.22. The molecule has 1 aromatic heterocycles. The third kappa shape index (κ3) is 3.54. The number of aliphatic hydroxyl groups is 1. The molecule has 2 N–H and O–H groups in total. The van der Waals surface area contributed by atoms with E-state index in [0.717, 1.165) is 28.9 Å². The standard InChI is InChI=1S/C10H17N3O2S2/c1-2-3-4-16-10-9(12-17-13-10)15-8-6-11-5-7(8)14/h7-8,11,14H,2-6H2,1H3. The average Bonchev–Trinajstić information content (AvgIpc) is 2.91. The first-order chi connectivity index (χ1) is 8.31. The van der Waals surface area contributed by atoms with Crippen molar-refractivity contribution in [2.24, 2.45) is 0 Å². The van der Waals surface area contributed by atoms with E-state index < -0.39 is 6.10 Å². The number of unbranched alkanes of at least 4 members (excludes halogenated alkanes) is 1. The van der Waals surface area contributed by atoms with Crippen LogP contribution in [0.2, 0.25) is 0 Å². The van der Waals surface area contributed by atoms with Gasteiger partial charge in [-0.1, -0.05) is 25.1 Å². The van der Waals surface area contributed by atoms with E-state index in [1.165, 1.54) is 6.42 Å². The highest BCUT2D eigenvalue weighted by Gasteiger charge is 2.28. The summed E-state index contributed by atoms with van der Waals surface area (Å²) < 4.78 is 14.1. The quantitative estimate of drug-likeness (QED) is 0.599. The summed E-state index contributed by atoms with van der Waals surface area (Å²) in [6, 6.07) is 0. The number of aliphatic hydroxyl groups excluding tert-OH is 1. The number of nitrogens with zero attached hydrogens (tertiary/aromatic N) is 2. The highest BCUT2D eigenvalue weighted by Crippen LogP contribution is 2.29. The third-order valence-electron chi connectivity index (χ3n) is 2.56. The fourth-order valence-corrected chi connectivity index (χ4v) is 3.16. The summed E-state index contributed by atoms with van der Waals surface area (Å²) in [5.41, 5.74) is 0. The first-order valence-electron chi connectivity index (χ1n) is 5.82. The van der Waals surface area contributed by atoms with Gasteiger partial charge in [0.2, 0.25) is 0 Å². The normalized spacial score (nSPS) is 24.1. The Labute approximate surface area is 109 Å². The maximum Gasteiger partial charge on any atom is 0.260 e. The molecule has 1 fully saturated rings. The molecule has 1 aliphatic rings. The van der Waals surface area contributed by atoms with Gasteiger partial charge in [0.05, 0.1) is 11.7 Å². The summed E-state index contributed by atoms with van der Waals surface area (Å²) >= 11 is 2.83. The van der Waals surface area contributed by atoms with E-state index in [-0.39, 0.29) is 6.10 Å². The van der Waals surface area contributed by atoms with Crippen molar-refractivity contribution in [2.75, 3.05) is 18.8 Å². The van der Waals surface area contributed by atoms with Gasteiger partial charge in [0.15, 0.2) is 5.03 Å². The average molecular weight is 275 g/mol. The number of hydrogen-bond acceptors (Lipinski definition) is 7. The van der Waals surface area contributed by atoms with Crippen molar-refractivity contribution in [3.05, 3.63) is 0 Å². The molecule has 0 aliphatic carbocycles. The molecular formula is C10H17N3O2S2. The first-order valence-corrected chi connectivity index (χ1v) is 7.53. The summed E-state index contributed by atoms with van der Waals surface area (Å²) in [5.74, 6) is 1.60. The van der Waals surface area contributed by atoms with Crippen LogP contribution in [-0.4, -0.2) is 44.9 Å². The molecule has 0 amide bonds. The van der Waals surface area contributed by atoms with Crippen LogP contribution >= 0.6 is 23.5 Å². The minimum Gasteiger partial charge on any atom is -0.468 e. The molecule has 1 aliphatic heterocycles. The zero-order chi connectivity index (χ0) is 12.1. The number of β-amino-alcohol motifs (C(OH)–C–C–N with tert-alkyl or cyclic N) is 1. The van der Waals surface area contributed by atoms with Crippen molar-refractivity contribution in [3.8, 4) is 5.88 Å². The number of thioether (sulfide) groups is 1. The molecule has 7 heteroatoms. The summed E-state index contributed by atoms with van der Waals surface area (Å²) in [4.78, 5) is 0. The first kappa shape index (κ1) is 13.1. The molecule has 2 unspecified atom stereocenters. The van der Waals surface area contributed by atoms with Crippen LogP contribution in [0.3, 0.4) is 0 Å². The Morgan fingerprint density at radius 1 is 1.53 bits per heavy atom. The zero-order valence-corrected chi connectivity index (χ0v) is 11.4. The van der Waals surface area contributed by atoms with E-state index in [4.69, 9.17) is 4.74 Å². The Morgan fingerprint density at radius 3 is 3.12 bits per heavy atom. The minimum atomic E-state index is -0.454. The topological polar surface area (TPSA) is 67.3 Å². The van der Waals surface area contributed by atoms with Gasteiger partial charge in [0.25, 0.3) is 5.88 Å². The van der Waals surface area contributed by atoms with Crippen LogP contribution in [0.25, 0.3) is 0 Å². The van der Waals surface area contributed by atoms with Gasteiger partial charge in [-0.05, 0) is 12.2 Å². The Hall–Kier alpha value is -0.370. The smallest absolute Gasteiger partial charge is 0.260 e. The Kier molecular flexibility index (Phi) is 5.02. The summed E-state index contributed by atoms with van der Waals surface area (Å²) in [6.07, 6.45) is 1.68. The lowest BCUT2D eigenvalue weighted by molar-refractivity contribution is 0.0691. The van der Waals surface area contributed by atoms with Crippen LogP contribution in [0, 0.1) is 0 Å². The van der Waals surface area contributed by atoms with Crippen LogP contribution in [0.1, 0.15) is 19.8 Å². The second kappa shape index (κ2) is 6.53. The Bertz CT molecular complexity index is 348. The van der Waals surface area contributed by atoms with Crippen LogP contribution in [0.5, 0.6) is 5.88 Å². The summed E-state index contributed by atoms with van der Waals surface area (Å²) in [5, 5.41) is 13.6. The molecule has 5 nitrogen and oxygen atoms in total. The van der Waals surface area contributed by atoms with Gasteiger partial charge >= 0.3 is 0 Å². The van der Waals surface area contributed by atoms with Gasteiger partial charge in [-0.3, -0.25) is 0 Å². The number of nitrogens with one attached hydrogen (secondary N) is 1. The maximum absolute atomic E-state index is 9.65. The maximum atomic E-state index is 9.65. The lowest BCUT2D eigenvalue weighted by atomic mass is 10.3. The van der Waals surface area contributed by atoms with E-state index in [1.54, 1.807) is 11.8 Å². The molecule has 1 saturated heterocycles. The van der Waals surface area contributed by atoms with Gasteiger partial charge < -0.3 is 15.2 Å². The van der Waals surface area contributed by atoms with Crippen LogP contribution in [0.4, 0.5) is 0 Å². The van der Waals surface area contributed by atoms with Crippen molar-refractivity contribution in [1.82, 2.24) is 14.1 Å². The summed E-state index contributed by atoms with van der Waals surface area (Å²) in [7, 11) is 0. The SMILES string of the molecule is CCCCSc1nsnc1OC1CNCC1O. The van der Waals surface area contributed by atoms with Crippen molar-refractivity contribution < 1.29 is 9.84 Å². The lowest BCUT2D eigenvalue weighted by Crippen LogP contribution is -2.30. The molecule has 17 heavy (non-hydrogen) atoms. The zero-order valence-electron chi connectivity index (χ0n) is 9.76. The predicted molar refractivity (Wildman–Crippen MR) is 68.8 cm³/mol. The van der Waals surface area contributed by atoms with Gasteiger partial charge in [0.1, 0.15) is 12.2 Å². The molecule has 0 saturated carbocycles. The fourth-order valence-electron chi connectivity index (χ4n) is 1.55. The highest BCUT2D eigenvalue weighted by molar-refractivity contribution is 7.99. The van der Waals surface area contributed by atoms with Crippen molar-refractivity contribution in [3.63, 3.8) is 0 Å². The Morgan fingerprint density at radius 2 is 2.41 bits per heavy atom. The van der Waals surface area contributed by atoms with E-state index >= 15 is 0 Å². The lowest BCUT2D eigenvalue weighted by Gasteiger charge is -2.14. The molecule has 0 bridgehead atoms. The number of hydrogen-bond donors (Lipinski definition) is 2. The second-order valence-electron chi connectivity index (χ2n) is 3.96. The van der Waals surface area contributed by atoms with Crippen LogP contribution in [-0.2, 0) is 0 Å². The second-order valence-corrected chi connectivity index (χ2v) is 5.57. The molecule has 2 heterocycles. The van der Waals surface area contributed by atoms with E-state index in [0.29, 0.717) is 19.0 Å². The fraction of sp³-hybridized carbons (Fsp3) is 0.800. The van der Waals surface area contributed by atoms with E-state index in [1.807, 2.05) is 0 Å². The van der Waals surface area contributed by atoms with E-state index in [2.05, 4.69) is 21.0 Å². The molecule has 0 radical (unpaired) electrons. The van der Waals surface area contributed by atoms with Crippen LogP contribution in [0.15, 0.2) is 5.03 Å². The Balaban J connectivity index is 1.89. The van der Waals surface area contributed by atoms with Crippen LogP contribution < -0.4 is 10.1 Å². The molecule has 0 aromatic carbocycles.